The van der Waals surface area contributed by atoms with E-state index in [2.05, 4.69) is 26.3 Å². The molecule has 2 heterocycles. The summed E-state index contributed by atoms with van der Waals surface area (Å²) < 4.78 is 6.52. The highest BCUT2D eigenvalue weighted by Crippen LogP contribution is 2.19. The highest BCUT2D eigenvalue weighted by molar-refractivity contribution is 9.10. The molecule has 0 radical (unpaired) electrons. The van der Waals surface area contributed by atoms with E-state index in [1.54, 1.807) is 6.20 Å². The molecule has 0 aliphatic carbocycles. The van der Waals surface area contributed by atoms with Crippen LogP contribution in [-0.4, -0.2) is 4.98 Å². The first kappa shape index (κ1) is 12.3. The van der Waals surface area contributed by atoms with E-state index in [4.69, 9.17) is 10.3 Å². The van der Waals surface area contributed by atoms with Gasteiger partial charge in [0.2, 0.25) is 0 Å². The monoisotopic (exact) mass is 295 g/mol. The van der Waals surface area contributed by atoms with E-state index in [1.165, 1.54) is 0 Å². The van der Waals surface area contributed by atoms with Crippen molar-refractivity contribution in [2.75, 3.05) is 0 Å². The lowest BCUT2D eigenvalue weighted by atomic mass is 10.1. The molecule has 0 saturated heterocycles. The molecular formula is C12H14BrN3O. The Morgan fingerprint density at radius 1 is 1.41 bits per heavy atom. The highest BCUT2D eigenvalue weighted by Gasteiger charge is 2.14. The number of halogens is 1. The number of pyridine rings is 1. The molecule has 0 aliphatic heterocycles. The number of nitrogens with one attached hydrogen (secondary N) is 1. The maximum Gasteiger partial charge on any atom is 0.122 e. The molecule has 2 aromatic heterocycles. The van der Waals surface area contributed by atoms with Crippen LogP contribution < -0.4 is 11.3 Å². The lowest BCUT2D eigenvalue weighted by Gasteiger charge is -2.12. The maximum absolute atomic E-state index is 5.55. The molecule has 4 nitrogen and oxygen atoms in total. The Hall–Kier alpha value is -1.17. The number of nitrogens with two attached hydrogens (primary N) is 1. The second kappa shape index (κ2) is 5.44. The van der Waals surface area contributed by atoms with Crippen LogP contribution in [0, 0.1) is 6.92 Å². The van der Waals surface area contributed by atoms with E-state index in [0.717, 1.165) is 21.7 Å². The van der Waals surface area contributed by atoms with Gasteiger partial charge in [0.25, 0.3) is 0 Å². The Labute approximate surface area is 108 Å². The van der Waals surface area contributed by atoms with Crippen LogP contribution in [0.3, 0.4) is 0 Å². The Morgan fingerprint density at radius 3 is 2.76 bits per heavy atom. The van der Waals surface area contributed by atoms with Crippen LogP contribution in [0.2, 0.25) is 0 Å². The Balaban J connectivity index is 2.12. The first-order valence-corrected chi connectivity index (χ1v) is 6.11. The minimum atomic E-state index is -0.0580. The number of aryl methyl sites for hydroxylation is 1. The fourth-order valence-electron chi connectivity index (χ4n) is 1.62. The van der Waals surface area contributed by atoms with Crippen molar-refractivity contribution in [2.24, 2.45) is 5.84 Å². The number of hydrazine groups is 1. The summed E-state index contributed by atoms with van der Waals surface area (Å²) >= 11 is 3.36. The van der Waals surface area contributed by atoms with Gasteiger partial charge in [-0.2, -0.15) is 0 Å². The molecule has 3 N–H and O–H groups in total. The first-order valence-electron chi connectivity index (χ1n) is 5.32. The van der Waals surface area contributed by atoms with Crippen LogP contribution in [0.5, 0.6) is 0 Å². The lowest BCUT2D eigenvalue weighted by molar-refractivity contribution is 0.401. The predicted octanol–water partition coefficient (Wildman–Crippen LogP) is 2.49. The zero-order chi connectivity index (χ0) is 12.3. The summed E-state index contributed by atoms with van der Waals surface area (Å²) in [5.74, 6) is 7.25. The molecule has 2 aromatic rings. The molecule has 0 spiro atoms. The topological polar surface area (TPSA) is 64.1 Å². The molecule has 0 aromatic carbocycles. The van der Waals surface area contributed by atoms with Crippen molar-refractivity contribution in [2.45, 2.75) is 19.4 Å². The van der Waals surface area contributed by atoms with Gasteiger partial charge >= 0.3 is 0 Å². The van der Waals surface area contributed by atoms with Gasteiger partial charge in [0.05, 0.1) is 6.04 Å². The van der Waals surface area contributed by atoms with Gasteiger partial charge in [0.1, 0.15) is 11.5 Å². The Bertz CT molecular complexity index is 481. The maximum atomic E-state index is 5.55. The standard InChI is InChI=1S/C12H14BrN3O/c1-8-2-5-12(17-8)11(16-14)6-10-4-3-9(13)7-15-10/h2-5,7,11,16H,6,14H2,1H3. The number of hydrogen-bond donors (Lipinski definition) is 2. The molecule has 0 bridgehead atoms. The van der Waals surface area contributed by atoms with Gasteiger partial charge in [-0.25, -0.2) is 5.43 Å². The number of furan rings is 1. The average Bonchev–Trinajstić information content (AvgIpc) is 2.75. The SMILES string of the molecule is Cc1ccc(C(Cc2ccc(Br)cn2)NN)o1. The van der Waals surface area contributed by atoms with E-state index in [9.17, 15) is 0 Å². The van der Waals surface area contributed by atoms with E-state index >= 15 is 0 Å². The van der Waals surface area contributed by atoms with Gasteiger partial charge in [-0.3, -0.25) is 10.8 Å². The van der Waals surface area contributed by atoms with Crippen molar-refractivity contribution in [3.63, 3.8) is 0 Å². The largest absolute Gasteiger partial charge is 0.465 e. The summed E-state index contributed by atoms with van der Waals surface area (Å²) in [6.07, 6.45) is 2.47. The molecule has 90 valence electrons. The molecule has 1 unspecified atom stereocenters. The third kappa shape index (κ3) is 3.15. The third-order valence-corrected chi connectivity index (χ3v) is 2.98. The molecule has 0 saturated carbocycles. The van der Waals surface area contributed by atoms with E-state index in [0.29, 0.717) is 6.42 Å². The van der Waals surface area contributed by atoms with Crippen molar-refractivity contribution in [1.29, 1.82) is 0 Å². The van der Waals surface area contributed by atoms with Crippen LogP contribution in [0.15, 0.2) is 39.4 Å². The number of rotatable bonds is 4. The van der Waals surface area contributed by atoms with Gasteiger partial charge in [0.15, 0.2) is 0 Å². The molecule has 2 rings (SSSR count). The summed E-state index contributed by atoms with van der Waals surface area (Å²) in [7, 11) is 0. The second-order valence-corrected chi connectivity index (χ2v) is 4.76. The molecule has 1 atom stereocenters. The summed E-state index contributed by atoms with van der Waals surface area (Å²) in [5, 5.41) is 0. The lowest BCUT2D eigenvalue weighted by Crippen LogP contribution is -2.29. The molecule has 0 aliphatic rings. The Kier molecular flexibility index (Phi) is 3.93. The summed E-state index contributed by atoms with van der Waals surface area (Å²) in [4.78, 5) is 4.31. The first-order chi connectivity index (χ1) is 8.19. The highest BCUT2D eigenvalue weighted by atomic mass is 79.9. The van der Waals surface area contributed by atoms with Crippen LogP contribution in [0.1, 0.15) is 23.3 Å². The fourth-order valence-corrected chi connectivity index (χ4v) is 1.85. The predicted molar refractivity (Wildman–Crippen MR) is 69.2 cm³/mol. The number of aromatic nitrogens is 1. The molecular weight excluding hydrogens is 282 g/mol. The fraction of sp³-hybridized carbons (Fsp3) is 0.250. The van der Waals surface area contributed by atoms with E-state index in [-0.39, 0.29) is 6.04 Å². The quantitative estimate of drug-likeness (QED) is 0.672. The Morgan fingerprint density at radius 2 is 2.24 bits per heavy atom. The normalized spacial score (nSPS) is 12.6. The van der Waals surface area contributed by atoms with Crippen molar-refractivity contribution in [1.82, 2.24) is 10.4 Å². The van der Waals surface area contributed by atoms with Crippen molar-refractivity contribution in [3.8, 4) is 0 Å². The molecule has 0 fully saturated rings. The van der Waals surface area contributed by atoms with Crippen LogP contribution >= 0.6 is 15.9 Å². The molecule has 5 heteroatoms. The van der Waals surface area contributed by atoms with Gasteiger partial charge in [-0.05, 0) is 47.1 Å². The van der Waals surface area contributed by atoms with Crippen molar-refractivity contribution in [3.05, 3.63) is 52.1 Å². The second-order valence-electron chi connectivity index (χ2n) is 3.84. The van der Waals surface area contributed by atoms with Crippen LogP contribution in [0.25, 0.3) is 0 Å². The van der Waals surface area contributed by atoms with Crippen molar-refractivity contribution >= 4 is 15.9 Å². The minimum absolute atomic E-state index is 0.0580. The number of nitrogens with zero attached hydrogens (tertiary/aromatic N) is 1. The van der Waals surface area contributed by atoms with Gasteiger partial charge in [-0.15, -0.1) is 0 Å². The van der Waals surface area contributed by atoms with E-state index in [1.807, 2.05) is 31.2 Å². The zero-order valence-electron chi connectivity index (χ0n) is 9.48. The van der Waals surface area contributed by atoms with Gasteiger partial charge < -0.3 is 4.42 Å². The van der Waals surface area contributed by atoms with Gasteiger partial charge in [-0.1, -0.05) is 0 Å². The molecule has 17 heavy (non-hydrogen) atoms. The third-order valence-electron chi connectivity index (χ3n) is 2.51. The number of hydrogen-bond acceptors (Lipinski definition) is 4. The van der Waals surface area contributed by atoms with E-state index < -0.39 is 0 Å². The summed E-state index contributed by atoms with van der Waals surface area (Å²) in [5.41, 5.74) is 3.71. The smallest absolute Gasteiger partial charge is 0.122 e. The van der Waals surface area contributed by atoms with Crippen LogP contribution in [0.4, 0.5) is 0 Å². The van der Waals surface area contributed by atoms with Gasteiger partial charge in [0, 0.05) is 22.8 Å². The summed E-state index contributed by atoms with van der Waals surface area (Å²) in [6, 6.07) is 7.72. The van der Waals surface area contributed by atoms with Crippen LogP contribution in [-0.2, 0) is 6.42 Å². The minimum Gasteiger partial charge on any atom is -0.465 e. The molecule has 0 amide bonds. The van der Waals surface area contributed by atoms with Crippen molar-refractivity contribution < 1.29 is 4.42 Å². The summed E-state index contributed by atoms with van der Waals surface area (Å²) in [6.45, 7) is 1.91. The zero-order valence-corrected chi connectivity index (χ0v) is 11.1. The average molecular weight is 296 g/mol.